The van der Waals surface area contributed by atoms with Gasteiger partial charge in [-0.15, -0.1) is 0 Å². The van der Waals surface area contributed by atoms with Crippen LogP contribution < -0.4 is 5.32 Å². The fourth-order valence-corrected chi connectivity index (χ4v) is 1.98. The molecule has 1 aliphatic heterocycles. The van der Waals surface area contributed by atoms with Gasteiger partial charge in [-0.05, 0) is 33.6 Å². The van der Waals surface area contributed by atoms with Crippen molar-refractivity contribution in [1.82, 2.24) is 5.32 Å². The van der Waals surface area contributed by atoms with Gasteiger partial charge < -0.3 is 10.1 Å². The first-order valence-corrected chi connectivity index (χ1v) is 5.80. The summed E-state index contributed by atoms with van der Waals surface area (Å²) in [6, 6.07) is 0.887. The van der Waals surface area contributed by atoms with Gasteiger partial charge in [-0.1, -0.05) is 6.42 Å². The molecule has 1 aliphatic rings. The van der Waals surface area contributed by atoms with Crippen LogP contribution in [0.3, 0.4) is 0 Å². The molecule has 0 aromatic carbocycles. The van der Waals surface area contributed by atoms with E-state index >= 15 is 0 Å². The SMILES string of the molecule is COC(C)(C)C(=O)CC1CCCC(C)N1. The maximum atomic E-state index is 11.9. The molecule has 1 saturated heterocycles. The van der Waals surface area contributed by atoms with Crippen LogP contribution in [0.25, 0.3) is 0 Å². The number of carbonyl (C=O) groups excluding carboxylic acids is 1. The van der Waals surface area contributed by atoms with E-state index < -0.39 is 5.60 Å². The van der Waals surface area contributed by atoms with E-state index in [1.165, 1.54) is 12.8 Å². The van der Waals surface area contributed by atoms with Gasteiger partial charge >= 0.3 is 0 Å². The summed E-state index contributed by atoms with van der Waals surface area (Å²) < 4.78 is 5.19. The van der Waals surface area contributed by atoms with E-state index in [2.05, 4.69) is 12.2 Å². The van der Waals surface area contributed by atoms with Gasteiger partial charge in [0.2, 0.25) is 0 Å². The molecule has 2 atom stereocenters. The molecule has 15 heavy (non-hydrogen) atoms. The number of carbonyl (C=O) groups is 1. The molecule has 0 aliphatic carbocycles. The van der Waals surface area contributed by atoms with Crippen molar-refractivity contribution in [1.29, 1.82) is 0 Å². The van der Waals surface area contributed by atoms with Crippen LogP contribution in [0.15, 0.2) is 0 Å². The molecular weight excluding hydrogens is 190 g/mol. The van der Waals surface area contributed by atoms with Crippen molar-refractivity contribution >= 4 is 5.78 Å². The van der Waals surface area contributed by atoms with Crippen LogP contribution in [0, 0.1) is 0 Å². The molecule has 0 aromatic rings. The highest BCUT2D eigenvalue weighted by molar-refractivity contribution is 5.86. The molecular formula is C12H23NO2. The zero-order chi connectivity index (χ0) is 11.5. The van der Waals surface area contributed by atoms with Crippen molar-refractivity contribution in [3.05, 3.63) is 0 Å². The van der Waals surface area contributed by atoms with Crippen LogP contribution in [0.4, 0.5) is 0 Å². The summed E-state index contributed by atoms with van der Waals surface area (Å²) in [6.07, 6.45) is 4.14. The van der Waals surface area contributed by atoms with Gasteiger partial charge in [0, 0.05) is 25.6 Å². The molecule has 1 rings (SSSR count). The Morgan fingerprint density at radius 2 is 2.13 bits per heavy atom. The molecule has 0 radical (unpaired) electrons. The maximum Gasteiger partial charge on any atom is 0.165 e. The minimum absolute atomic E-state index is 0.191. The predicted molar refractivity (Wildman–Crippen MR) is 60.9 cm³/mol. The Morgan fingerprint density at radius 1 is 1.47 bits per heavy atom. The Balaban J connectivity index is 2.44. The van der Waals surface area contributed by atoms with Crippen molar-refractivity contribution < 1.29 is 9.53 Å². The quantitative estimate of drug-likeness (QED) is 0.775. The Bertz CT molecular complexity index is 226. The van der Waals surface area contributed by atoms with Gasteiger partial charge in [0.1, 0.15) is 5.60 Å². The highest BCUT2D eigenvalue weighted by atomic mass is 16.5. The van der Waals surface area contributed by atoms with E-state index in [1.54, 1.807) is 7.11 Å². The summed E-state index contributed by atoms with van der Waals surface area (Å²) in [5, 5.41) is 3.47. The average Bonchev–Trinajstić information content (AvgIpc) is 2.17. The summed E-state index contributed by atoms with van der Waals surface area (Å²) in [6.45, 7) is 5.85. The smallest absolute Gasteiger partial charge is 0.165 e. The van der Waals surface area contributed by atoms with Gasteiger partial charge in [0.15, 0.2) is 5.78 Å². The second-order valence-electron chi connectivity index (χ2n) is 5.04. The zero-order valence-corrected chi connectivity index (χ0v) is 10.3. The van der Waals surface area contributed by atoms with E-state index in [9.17, 15) is 4.79 Å². The first kappa shape index (κ1) is 12.7. The van der Waals surface area contributed by atoms with Crippen molar-refractivity contribution in [3.8, 4) is 0 Å². The number of rotatable bonds is 4. The Morgan fingerprint density at radius 3 is 2.67 bits per heavy atom. The molecule has 0 saturated carbocycles. The second kappa shape index (κ2) is 5.08. The van der Waals surface area contributed by atoms with Crippen molar-refractivity contribution in [2.75, 3.05) is 7.11 Å². The third-order valence-electron chi connectivity index (χ3n) is 3.32. The first-order valence-electron chi connectivity index (χ1n) is 5.80. The van der Waals surface area contributed by atoms with Gasteiger partial charge in [-0.3, -0.25) is 4.79 Å². The first-order chi connectivity index (χ1) is 6.95. The topological polar surface area (TPSA) is 38.3 Å². The molecule has 0 bridgehead atoms. The van der Waals surface area contributed by atoms with E-state index in [1.807, 2.05) is 13.8 Å². The van der Waals surface area contributed by atoms with Crippen molar-refractivity contribution in [2.45, 2.75) is 64.1 Å². The van der Waals surface area contributed by atoms with Crippen LogP contribution in [-0.2, 0) is 9.53 Å². The Labute approximate surface area is 92.6 Å². The molecule has 1 fully saturated rings. The zero-order valence-electron chi connectivity index (χ0n) is 10.3. The third-order valence-corrected chi connectivity index (χ3v) is 3.32. The largest absolute Gasteiger partial charge is 0.371 e. The Kier molecular flexibility index (Phi) is 4.29. The van der Waals surface area contributed by atoms with E-state index in [4.69, 9.17) is 4.74 Å². The van der Waals surface area contributed by atoms with Crippen LogP contribution in [0.5, 0.6) is 0 Å². The number of nitrogens with one attached hydrogen (secondary N) is 1. The molecule has 3 nitrogen and oxygen atoms in total. The molecule has 1 N–H and O–H groups in total. The van der Waals surface area contributed by atoms with E-state index in [-0.39, 0.29) is 5.78 Å². The van der Waals surface area contributed by atoms with E-state index in [0.717, 1.165) is 6.42 Å². The Hall–Kier alpha value is -0.410. The highest BCUT2D eigenvalue weighted by Gasteiger charge is 2.30. The van der Waals surface area contributed by atoms with Gasteiger partial charge in [-0.2, -0.15) is 0 Å². The predicted octanol–water partition coefficient (Wildman–Crippen LogP) is 1.90. The summed E-state index contributed by atoms with van der Waals surface area (Å²) in [5.41, 5.74) is -0.637. The number of hydrogen-bond acceptors (Lipinski definition) is 3. The number of hydrogen-bond donors (Lipinski definition) is 1. The van der Waals surface area contributed by atoms with Crippen molar-refractivity contribution in [2.24, 2.45) is 0 Å². The third kappa shape index (κ3) is 3.58. The summed E-state index contributed by atoms with van der Waals surface area (Å²) in [7, 11) is 1.59. The standard InChI is InChI=1S/C12H23NO2/c1-9-6-5-7-10(13-9)8-11(14)12(2,3)15-4/h9-10,13H,5-8H2,1-4H3. The van der Waals surface area contributed by atoms with E-state index in [0.29, 0.717) is 18.5 Å². The maximum absolute atomic E-state index is 11.9. The average molecular weight is 213 g/mol. The second-order valence-corrected chi connectivity index (χ2v) is 5.04. The summed E-state index contributed by atoms with van der Waals surface area (Å²) >= 11 is 0. The molecule has 1 heterocycles. The summed E-state index contributed by atoms with van der Waals surface area (Å²) in [4.78, 5) is 11.9. The lowest BCUT2D eigenvalue weighted by Crippen LogP contribution is -2.45. The lowest BCUT2D eigenvalue weighted by Gasteiger charge is -2.30. The normalized spacial score (nSPS) is 27.7. The fraction of sp³-hybridized carbons (Fsp3) is 0.917. The monoisotopic (exact) mass is 213 g/mol. The van der Waals surface area contributed by atoms with Gasteiger partial charge in [-0.25, -0.2) is 0 Å². The van der Waals surface area contributed by atoms with Crippen LogP contribution >= 0.6 is 0 Å². The minimum atomic E-state index is -0.637. The number of ether oxygens (including phenoxy) is 1. The molecule has 0 amide bonds. The van der Waals surface area contributed by atoms with Crippen LogP contribution in [0.1, 0.15) is 46.5 Å². The highest BCUT2D eigenvalue weighted by Crippen LogP contribution is 2.19. The minimum Gasteiger partial charge on any atom is -0.371 e. The molecule has 0 aromatic heterocycles. The van der Waals surface area contributed by atoms with Crippen molar-refractivity contribution in [3.63, 3.8) is 0 Å². The lowest BCUT2D eigenvalue weighted by atomic mass is 9.91. The molecule has 0 spiro atoms. The number of methoxy groups -OCH3 is 1. The molecule has 88 valence electrons. The number of piperidine rings is 1. The molecule has 2 unspecified atom stereocenters. The van der Waals surface area contributed by atoms with Crippen LogP contribution in [0.2, 0.25) is 0 Å². The number of Topliss-reactive ketones (excluding diaryl/α,β-unsaturated/α-hetero) is 1. The molecule has 3 heteroatoms. The number of ketones is 1. The fourth-order valence-electron chi connectivity index (χ4n) is 1.98. The summed E-state index contributed by atoms with van der Waals surface area (Å²) in [5.74, 6) is 0.191. The lowest BCUT2D eigenvalue weighted by molar-refractivity contribution is -0.137. The van der Waals surface area contributed by atoms with Gasteiger partial charge in [0.25, 0.3) is 0 Å². The van der Waals surface area contributed by atoms with Gasteiger partial charge in [0.05, 0.1) is 0 Å². The van der Waals surface area contributed by atoms with Crippen LogP contribution in [-0.4, -0.2) is 30.6 Å².